The van der Waals surface area contributed by atoms with Gasteiger partial charge in [0.1, 0.15) is 21.6 Å². The molecule has 1 saturated heterocycles. The van der Waals surface area contributed by atoms with Crippen LogP contribution in [0.1, 0.15) is 12.6 Å². The van der Waals surface area contributed by atoms with Gasteiger partial charge in [0.25, 0.3) is 0 Å². The lowest BCUT2D eigenvalue weighted by molar-refractivity contribution is -0.142. The predicted octanol–water partition coefficient (Wildman–Crippen LogP) is 1.84. The molecular weight excluding hydrogens is 385 g/mol. The van der Waals surface area contributed by atoms with Crippen LogP contribution in [0.5, 0.6) is 0 Å². The zero-order valence-electron chi connectivity index (χ0n) is 11.7. The first-order valence-corrected chi connectivity index (χ1v) is 7.85. The van der Waals surface area contributed by atoms with Gasteiger partial charge in [0.15, 0.2) is 0 Å². The summed E-state index contributed by atoms with van der Waals surface area (Å²) in [6.45, 7) is 4.93. The number of halogens is 1. The van der Waals surface area contributed by atoms with Gasteiger partial charge >= 0.3 is 5.97 Å². The summed E-state index contributed by atoms with van der Waals surface area (Å²) in [5.41, 5.74) is 2.80. The van der Waals surface area contributed by atoms with Crippen molar-refractivity contribution in [3.8, 4) is 0 Å². The van der Waals surface area contributed by atoms with Crippen LogP contribution in [-0.2, 0) is 20.9 Å². The lowest BCUT2D eigenvalue weighted by Crippen LogP contribution is -2.36. The van der Waals surface area contributed by atoms with Crippen LogP contribution in [0.25, 0.3) is 5.65 Å². The molecule has 3 rings (SSSR count). The highest BCUT2D eigenvalue weighted by Crippen LogP contribution is 2.21. The van der Waals surface area contributed by atoms with Gasteiger partial charge < -0.3 is 14.4 Å². The molecule has 0 amide bonds. The van der Waals surface area contributed by atoms with Crippen LogP contribution in [-0.4, -0.2) is 41.7 Å². The maximum atomic E-state index is 10.9. The molecule has 112 valence electrons. The fraction of sp³-hybridized carbons (Fsp3) is 0.429. The standard InChI is InChI=1S/C14H16IN3O3/c1-10(19)21-9-12-14(15)18-8-11(2-3-13(18)16-12)17-4-6-20-7-5-17/h2-3,8H,4-7,9H2,1H3. The number of ether oxygens (including phenoxy) is 2. The maximum absolute atomic E-state index is 10.9. The molecule has 1 fully saturated rings. The maximum Gasteiger partial charge on any atom is 0.303 e. The molecule has 0 spiro atoms. The number of aromatic nitrogens is 2. The van der Waals surface area contributed by atoms with E-state index >= 15 is 0 Å². The van der Waals surface area contributed by atoms with Crippen molar-refractivity contribution in [1.82, 2.24) is 9.38 Å². The molecule has 2 aromatic rings. The van der Waals surface area contributed by atoms with Crippen LogP contribution in [0, 0.1) is 3.70 Å². The smallest absolute Gasteiger partial charge is 0.303 e. The van der Waals surface area contributed by atoms with Crippen molar-refractivity contribution in [3.63, 3.8) is 0 Å². The number of pyridine rings is 1. The Morgan fingerprint density at radius 2 is 2.19 bits per heavy atom. The van der Waals surface area contributed by atoms with Crippen LogP contribution in [0.3, 0.4) is 0 Å². The molecule has 7 heteroatoms. The molecule has 0 unspecified atom stereocenters. The zero-order valence-corrected chi connectivity index (χ0v) is 13.9. The minimum absolute atomic E-state index is 0.210. The lowest BCUT2D eigenvalue weighted by Gasteiger charge is -2.28. The molecule has 3 heterocycles. The number of hydrogen-bond donors (Lipinski definition) is 0. The molecule has 6 nitrogen and oxygen atoms in total. The van der Waals surface area contributed by atoms with Gasteiger partial charge in [-0.2, -0.15) is 0 Å². The third-order valence-corrected chi connectivity index (χ3v) is 4.54. The molecular formula is C14H16IN3O3. The Bertz CT molecular complexity index is 665. The largest absolute Gasteiger partial charge is 0.459 e. The second kappa shape index (κ2) is 6.18. The molecule has 1 aliphatic rings. The topological polar surface area (TPSA) is 56.1 Å². The van der Waals surface area contributed by atoms with Crippen molar-refractivity contribution < 1.29 is 14.3 Å². The Morgan fingerprint density at radius 3 is 2.90 bits per heavy atom. The van der Waals surface area contributed by atoms with E-state index < -0.39 is 0 Å². The molecule has 0 radical (unpaired) electrons. The highest BCUT2D eigenvalue weighted by atomic mass is 127. The van der Waals surface area contributed by atoms with Crippen LogP contribution in [0.15, 0.2) is 18.3 Å². The first-order valence-electron chi connectivity index (χ1n) is 6.77. The summed E-state index contributed by atoms with van der Waals surface area (Å²) in [5, 5.41) is 0. The number of hydrogen-bond acceptors (Lipinski definition) is 5. The van der Waals surface area contributed by atoms with Gasteiger partial charge in [-0.3, -0.25) is 9.20 Å². The number of rotatable bonds is 3. The molecule has 0 aromatic carbocycles. The summed E-state index contributed by atoms with van der Waals surface area (Å²) in [6.07, 6.45) is 2.08. The van der Waals surface area contributed by atoms with E-state index in [-0.39, 0.29) is 12.6 Å². The van der Waals surface area contributed by atoms with Crippen LogP contribution < -0.4 is 4.90 Å². The quantitative estimate of drug-likeness (QED) is 0.581. The van der Waals surface area contributed by atoms with E-state index in [0.717, 1.165) is 47.0 Å². The average molecular weight is 401 g/mol. The number of fused-ring (bicyclic) bond motifs is 1. The van der Waals surface area contributed by atoms with Gasteiger partial charge in [-0.15, -0.1) is 0 Å². The van der Waals surface area contributed by atoms with E-state index in [1.807, 2.05) is 10.5 Å². The lowest BCUT2D eigenvalue weighted by atomic mass is 10.3. The average Bonchev–Trinajstić information content (AvgIpc) is 2.82. The van der Waals surface area contributed by atoms with Crippen molar-refractivity contribution in [3.05, 3.63) is 27.7 Å². The van der Waals surface area contributed by atoms with Gasteiger partial charge in [-0.25, -0.2) is 4.98 Å². The van der Waals surface area contributed by atoms with Crippen LogP contribution in [0.4, 0.5) is 5.69 Å². The first kappa shape index (κ1) is 14.6. The molecule has 0 N–H and O–H groups in total. The van der Waals surface area contributed by atoms with E-state index in [4.69, 9.17) is 9.47 Å². The Morgan fingerprint density at radius 1 is 1.43 bits per heavy atom. The Labute approximate surface area is 136 Å². The number of carbonyl (C=O) groups is 1. The number of anilines is 1. The van der Waals surface area contributed by atoms with Gasteiger partial charge in [-0.05, 0) is 34.7 Å². The SMILES string of the molecule is CC(=O)OCc1nc2ccc(N3CCOCC3)cn2c1I. The molecule has 0 saturated carbocycles. The fourth-order valence-electron chi connectivity index (χ4n) is 2.32. The number of esters is 1. The minimum Gasteiger partial charge on any atom is -0.459 e. The van der Waals surface area contributed by atoms with Crippen molar-refractivity contribution in [2.45, 2.75) is 13.5 Å². The summed E-state index contributed by atoms with van der Waals surface area (Å²) in [7, 11) is 0. The molecule has 1 aliphatic heterocycles. The number of nitrogens with zero attached hydrogens (tertiary/aromatic N) is 3. The van der Waals surface area contributed by atoms with E-state index in [1.54, 1.807) is 0 Å². The van der Waals surface area contributed by atoms with Crippen molar-refractivity contribution in [1.29, 1.82) is 0 Å². The third-order valence-electron chi connectivity index (χ3n) is 3.40. The second-order valence-electron chi connectivity index (χ2n) is 4.84. The third kappa shape index (κ3) is 3.13. The van der Waals surface area contributed by atoms with Crippen molar-refractivity contribution >= 4 is 39.9 Å². The number of morpholine rings is 1. The van der Waals surface area contributed by atoms with Crippen molar-refractivity contribution in [2.24, 2.45) is 0 Å². The van der Waals surface area contributed by atoms with E-state index in [0.29, 0.717) is 0 Å². The molecule has 0 atom stereocenters. The minimum atomic E-state index is -0.295. The summed E-state index contributed by atoms with van der Waals surface area (Å²) in [6, 6.07) is 4.06. The summed E-state index contributed by atoms with van der Waals surface area (Å²) < 4.78 is 13.4. The second-order valence-corrected chi connectivity index (χ2v) is 5.87. The molecule has 2 aromatic heterocycles. The highest BCUT2D eigenvalue weighted by molar-refractivity contribution is 14.1. The van der Waals surface area contributed by atoms with Gasteiger partial charge in [0.05, 0.1) is 18.9 Å². The Balaban J connectivity index is 1.89. The van der Waals surface area contributed by atoms with E-state index in [1.165, 1.54) is 6.92 Å². The normalized spacial score (nSPS) is 15.4. The van der Waals surface area contributed by atoms with Gasteiger partial charge in [0, 0.05) is 26.2 Å². The fourth-order valence-corrected chi connectivity index (χ4v) is 2.99. The summed E-state index contributed by atoms with van der Waals surface area (Å²) in [5.74, 6) is -0.295. The van der Waals surface area contributed by atoms with E-state index in [2.05, 4.69) is 44.7 Å². The first-order chi connectivity index (χ1) is 10.1. The van der Waals surface area contributed by atoms with Gasteiger partial charge in [-0.1, -0.05) is 0 Å². The zero-order chi connectivity index (χ0) is 14.8. The Hall–Kier alpha value is -1.35. The van der Waals surface area contributed by atoms with Crippen LogP contribution in [0.2, 0.25) is 0 Å². The molecule has 0 bridgehead atoms. The summed E-state index contributed by atoms with van der Waals surface area (Å²) in [4.78, 5) is 17.7. The van der Waals surface area contributed by atoms with Gasteiger partial charge in [0.2, 0.25) is 0 Å². The highest BCUT2D eigenvalue weighted by Gasteiger charge is 2.15. The van der Waals surface area contributed by atoms with E-state index in [9.17, 15) is 4.79 Å². The van der Waals surface area contributed by atoms with Crippen LogP contribution >= 0.6 is 22.6 Å². The van der Waals surface area contributed by atoms with Crippen molar-refractivity contribution in [2.75, 3.05) is 31.2 Å². The number of carbonyl (C=O) groups excluding carboxylic acids is 1. The predicted molar refractivity (Wildman–Crippen MR) is 86.4 cm³/mol. The monoisotopic (exact) mass is 401 g/mol. The Kier molecular flexibility index (Phi) is 4.29. The molecule has 21 heavy (non-hydrogen) atoms. The summed E-state index contributed by atoms with van der Waals surface area (Å²) >= 11 is 2.23. The molecule has 0 aliphatic carbocycles. The number of imidazole rings is 1.